The van der Waals surface area contributed by atoms with Gasteiger partial charge in [-0.2, -0.15) is 0 Å². The standard InChI is InChI=1S/C15H23BrN2.ClH/c1-12(14-4-6-15(16)7-5-14)18-10-2-3-13(11-18)8-9-17;/h4-7,12-13H,2-3,8-11,17H2,1H3;1H. The molecule has 1 aliphatic heterocycles. The maximum atomic E-state index is 5.68. The molecule has 19 heavy (non-hydrogen) atoms. The van der Waals surface area contributed by atoms with Crippen LogP contribution in [0.25, 0.3) is 0 Å². The first kappa shape index (κ1) is 17.0. The van der Waals surface area contributed by atoms with Gasteiger partial charge in [0.25, 0.3) is 0 Å². The van der Waals surface area contributed by atoms with Gasteiger partial charge in [0, 0.05) is 17.1 Å². The maximum absolute atomic E-state index is 5.68. The van der Waals surface area contributed by atoms with Crippen LogP contribution in [0.5, 0.6) is 0 Å². The Labute approximate surface area is 131 Å². The number of nitrogens with two attached hydrogens (primary N) is 1. The third kappa shape index (κ3) is 4.75. The van der Waals surface area contributed by atoms with Gasteiger partial charge in [-0.25, -0.2) is 0 Å². The molecule has 1 heterocycles. The smallest absolute Gasteiger partial charge is 0.0320 e. The number of piperidine rings is 1. The van der Waals surface area contributed by atoms with E-state index in [1.54, 1.807) is 0 Å². The van der Waals surface area contributed by atoms with Gasteiger partial charge in [0.15, 0.2) is 0 Å². The van der Waals surface area contributed by atoms with Crippen molar-refractivity contribution >= 4 is 28.3 Å². The molecule has 1 fully saturated rings. The number of likely N-dealkylation sites (tertiary alicyclic amines) is 1. The first-order chi connectivity index (χ1) is 8.70. The molecule has 1 aromatic rings. The first-order valence-corrected chi connectivity index (χ1v) is 7.69. The third-order valence-electron chi connectivity index (χ3n) is 4.03. The van der Waals surface area contributed by atoms with E-state index in [-0.39, 0.29) is 12.4 Å². The Bertz CT molecular complexity index is 367. The van der Waals surface area contributed by atoms with E-state index >= 15 is 0 Å². The predicted molar refractivity (Wildman–Crippen MR) is 87.8 cm³/mol. The molecule has 0 spiro atoms. The number of rotatable bonds is 4. The highest BCUT2D eigenvalue weighted by Gasteiger charge is 2.23. The zero-order valence-electron chi connectivity index (χ0n) is 11.5. The molecule has 0 radical (unpaired) electrons. The molecule has 1 aromatic carbocycles. The van der Waals surface area contributed by atoms with Crippen molar-refractivity contribution in [3.05, 3.63) is 34.3 Å². The highest BCUT2D eigenvalue weighted by atomic mass is 79.9. The molecule has 2 rings (SSSR count). The summed E-state index contributed by atoms with van der Waals surface area (Å²) in [7, 11) is 0. The Balaban J connectivity index is 0.00000180. The van der Waals surface area contributed by atoms with Gasteiger partial charge in [0.2, 0.25) is 0 Å². The number of halogens is 2. The lowest BCUT2D eigenvalue weighted by Crippen LogP contribution is -2.37. The molecule has 2 N–H and O–H groups in total. The van der Waals surface area contributed by atoms with Gasteiger partial charge in [-0.1, -0.05) is 28.1 Å². The quantitative estimate of drug-likeness (QED) is 0.892. The van der Waals surface area contributed by atoms with Crippen molar-refractivity contribution in [3.8, 4) is 0 Å². The first-order valence-electron chi connectivity index (χ1n) is 6.90. The van der Waals surface area contributed by atoms with Gasteiger partial charge in [-0.05, 0) is 62.9 Å². The molecule has 1 aliphatic rings. The molecule has 2 nitrogen and oxygen atoms in total. The van der Waals surface area contributed by atoms with Crippen LogP contribution in [0.1, 0.15) is 37.8 Å². The Hall–Kier alpha value is -0.0900. The molecule has 2 atom stereocenters. The lowest BCUT2D eigenvalue weighted by Gasteiger charge is -2.37. The molecule has 0 saturated carbocycles. The summed E-state index contributed by atoms with van der Waals surface area (Å²) in [6.07, 6.45) is 3.83. The summed E-state index contributed by atoms with van der Waals surface area (Å²) in [5.41, 5.74) is 7.09. The highest BCUT2D eigenvalue weighted by Crippen LogP contribution is 2.28. The van der Waals surface area contributed by atoms with Gasteiger partial charge in [-0.15, -0.1) is 12.4 Å². The minimum absolute atomic E-state index is 0. The van der Waals surface area contributed by atoms with Crippen LogP contribution in [0.3, 0.4) is 0 Å². The molecule has 4 heteroatoms. The monoisotopic (exact) mass is 346 g/mol. The summed E-state index contributed by atoms with van der Waals surface area (Å²) in [5, 5.41) is 0. The van der Waals surface area contributed by atoms with E-state index in [9.17, 15) is 0 Å². The van der Waals surface area contributed by atoms with E-state index in [4.69, 9.17) is 5.73 Å². The van der Waals surface area contributed by atoms with Crippen molar-refractivity contribution in [1.29, 1.82) is 0 Å². The van der Waals surface area contributed by atoms with Gasteiger partial charge >= 0.3 is 0 Å². The Kier molecular flexibility index (Phi) is 7.37. The largest absolute Gasteiger partial charge is 0.330 e. The second-order valence-corrected chi connectivity index (χ2v) is 6.22. The van der Waals surface area contributed by atoms with Crippen LogP contribution in [-0.2, 0) is 0 Å². The van der Waals surface area contributed by atoms with Crippen LogP contribution < -0.4 is 5.73 Å². The van der Waals surface area contributed by atoms with E-state index in [0.717, 1.165) is 16.9 Å². The zero-order valence-corrected chi connectivity index (χ0v) is 13.9. The van der Waals surface area contributed by atoms with E-state index in [0.29, 0.717) is 6.04 Å². The second kappa shape index (κ2) is 8.25. The summed E-state index contributed by atoms with van der Waals surface area (Å²) >= 11 is 3.49. The Morgan fingerprint density at radius 3 is 2.68 bits per heavy atom. The average Bonchev–Trinajstić information content (AvgIpc) is 2.39. The van der Waals surface area contributed by atoms with Gasteiger partial charge in [0.1, 0.15) is 0 Å². The van der Waals surface area contributed by atoms with Crippen molar-refractivity contribution in [2.24, 2.45) is 11.7 Å². The summed E-state index contributed by atoms with van der Waals surface area (Å²) in [6, 6.07) is 9.22. The fourth-order valence-corrected chi connectivity index (χ4v) is 3.14. The normalized spacial score (nSPS) is 21.7. The third-order valence-corrected chi connectivity index (χ3v) is 4.55. The maximum Gasteiger partial charge on any atom is 0.0320 e. The minimum Gasteiger partial charge on any atom is -0.330 e. The molecule has 0 amide bonds. The zero-order chi connectivity index (χ0) is 13.0. The van der Waals surface area contributed by atoms with Crippen molar-refractivity contribution in [3.63, 3.8) is 0 Å². The number of hydrogen-bond acceptors (Lipinski definition) is 2. The predicted octanol–water partition coefficient (Wildman–Crippen LogP) is 3.99. The fourth-order valence-electron chi connectivity index (χ4n) is 2.87. The topological polar surface area (TPSA) is 29.3 Å². The van der Waals surface area contributed by atoms with E-state index in [1.807, 2.05) is 0 Å². The van der Waals surface area contributed by atoms with Gasteiger partial charge in [-0.3, -0.25) is 4.90 Å². The Morgan fingerprint density at radius 2 is 2.05 bits per heavy atom. The van der Waals surface area contributed by atoms with Gasteiger partial charge in [0.05, 0.1) is 0 Å². The molecular weight excluding hydrogens is 324 g/mol. The van der Waals surface area contributed by atoms with E-state index in [2.05, 4.69) is 52.0 Å². The summed E-state index contributed by atoms with van der Waals surface area (Å²) in [6.45, 7) is 5.56. The lowest BCUT2D eigenvalue weighted by molar-refractivity contribution is 0.128. The fraction of sp³-hybridized carbons (Fsp3) is 0.600. The number of benzene rings is 1. The van der Waals surface area contributed by atoms with Crippen molar-refractivity contribution in [2.75, 3.05) is 19.6 Å². The highest BCUT2D eigenvalue weighted by molar-refractivity contribution is 9.10. The van der Waals surface area contributed by atoms with Crippen molar-refractivity contribution in [1.82, 2.24) is 4.90 Å². The molecule has 2 unspecified atom stereocenters. The summed E-state index contributed by atoms with van der Waals surface area (Å²) in [4.78, 5) is 2.60. The van der Waals surface area contributed by atoms with Crippen LogP contribution >= 0.6 is 28.3 Å². The van der Waals surface area contributed by atoms with Crippen LogP contribution in [0.4, 0.5) is 0 Å². The minimum atomic E-state index is 0. The van der Waals surface area contributed by atoms with Crippen molar-refractivity contribution in [2.45, 2.75) is 32.2 Å². The van der Waals surface area contributed by atoms with Crippen LogP contribution in [-0.4, -0.2) is 24.5 Å². The van der Waals surface area contributed by atoms with E-state index in [1.165, 1.54) is 37.9 Å². The molecule has 0 aliphatic carbocycles. The van der Waals surface area contributed by atoms with Crippen LogP contribution in [0.2, 0.25) is 0 Å². The van der Waals surface area contributed by atoms with Crippen LogP contribution in [0.15, 0.2) is 28.7 Å². The number of nitrogens with zero attached hydrogens (tertiary/aromatic N) is 1. The molecule has 0 aromatic heterocycles. The SMILES string of the molecule is CC(c1ccc(Br)cc1)N1CCCC(CCN)C1.Cl. The van der Waals surface area contributed by atoms with Gasteiger partial charge < -0.3 is 5.73 Å². The second-order valence-electron chi connectivity index (χ2n) is 5.31. The van der Waals surface area contributed by atoms with Crippen LogP contribution in [0, 0.1) is 5.92 Å². The van der Waals surface area contributed by atoms with Crippen molar-refractivity contribution < 1.29 is 0 Å². The van der Waals surface area contributed by atoms with E-state index < -0.39 is 0 Å². The molecule has 0 bridgehead atoms. The Morgan fingerprint density at radius 1 is 1.37 bits per heavy atom. The average molecular weight is 348 g/mol. The lowest BCUT2D eigenvalue weighted by atomic mass is 9.93. The molecular formula is C15H24BrClN2. The molecule has 108 valence electrons. The summed E-state index contributed by atoms with van der Waals surface area (Å²) < 4.78 is 1.15. The summed E-state index contributed by atoms with van der Waals surface area (Å²) in [5.74, 6) is 0.793. The number of hydrogen-bond donors (Lipinski definition) is 1. The molecule has 1 saturated heterocycles.